The van der Waals surface area contributed by atoms with Crippen LogP contribution in [0.5, 0.6) is 0 Å². The molecule has 0 amide bonds. The number of nitrogens with one attached hydrogen (secondary N) is 1. The highest BCUT2D eigenvalue weighted by Crippen LogP contribution is 2.34. The van der Waals surface area contributed by atoms with Crippen molar-refractivity contribution in [1.29, 1.82) is 5.41 Å². The highest BCUT2D eigenvalue weighted by atomic mass is 79.9. The van der Waals surface area contributed by atoms with E-state index in [-0.39, 0.29) is 23.0 Å². The van der Waals surface area contributed by atoms with Gasteiger partial charge >= 0.3 is 0 Å². The predicted octanol–water partition coefficient (Wildman–Crippen LogP) is 2.22. The van der Waals surface area contributed by atoms with E-state index in [2.05, 4.69) is 15.9 Å². The Morgan fingerprint density at radius 1 is 1.53 bits per heavy atom. The third-order valence-electron chi connectivity index (χ3n) is 3.52. The molecule has 1 aliphatic rings. The monoisotopic (exact) mass is 329 g/mol. The van der Waals surface area contributed by atoms with Crippen LogP contribution in [0.15, 0.2) is 16.6 Å². The van der Waals surface area contributed by atoms with E-state index in [0.717, 1.165) is 19.3 Å². The van der Waals surface area contributed by atoms with Gasteiger partial charge in [-0.1, -0.05) is 0 Å². The summed E-state index contributed by atoms with van der Waals surface area (Å²) in [5, 5.41) is 16.5. The van der Waals surface area contributed by atoms with Crippen LogP contribution in [0, 0.1) is 11.2 Å². The zero-order valence-electron chi connectivity index (χ0n) is 10.5. The van der Waals surface area contributed by atoms with Gasteiger partial charge in [0.05, 0.1) is 16.8 Å². The lowest BCUT2D eigenvalue weighted by Crippen LogP contribution is -2.42. The van der Waals surface area contributed by atoms with Crippen LogP contribution in [0.25, 0.3) is 0 Å². The summed E-state index contributed by atoms with van der Waals surface area (Å²) >= 11 is 3.16. The number of hydrogen-bond donors (Lipinski definition) is 3. The second kappa shape index (κ2) is 5.88. The first-order valence-electron chi connectivity index (χ1n) is 6.26. The summed E-state index contributed by atoms with van der Waals surface area (Å²) < 4.78 is 14.6. The van der Waals surface area contributed by atoms with Gasteiger partial charge in [0, 0.05) is 18.2 Å². The molecule has 104 valence electrons. The van der Waals surface area contributed by atoms with Gasteiger partial charge in [-0.25, -0.2) is 4.39 Å². The zero-order valence-corrected chi connectivity index (χ0v) is 12.1. The molecule has 0 heterocycles. The molecule has 0 unspecified atom stereocenters. The van der Waals surface area contributed by atoms with Crippen molar-refractivity contribution in [3.63, 3.8) is 0 Å². The van der Waals surface area contributed by atoms with Crippen molar-refractivity contribution in [2.45, 2.75) is 25.3 Å². The molecule has 1 aromatic rings. The molecule has 1 aliphatic carbocycles. The molecule has 1 fully saturated rings. The molecule has 0 spiro atoms. The number of aliphatic hydroxyl groups excluding tert-OH is 1. The maximum absolute atomic E-state index is 14.4. The summed E-state index contributed by atoms with van der Waals surface area (Å²) in [6.07, 6.45) is 3.18. The van der Waals surface area contributed by atoms with Gasteiger partial charge in [-0.05, 0) is 47.3 Å². The maximum atomic E-state index is 14.4. The topological polar surface area (TPSA) is 73.3 Å². The van der Waals surface area contributed by atoms with Crippen LogP contribution in [-0.2, 0) is 0 Å². The first-order valence-corrected chi connectivity index (χ1v) is 7.05. The molecule has 19 heavy (non-hydrogen) atoms. The van der Waals surface area contributed by atoms with Gasteiger partial charge in [-0.15, -0.1) is 0 Å². The quantitative estimate of drug-likeness (QED) is 0.573. The molecule has 0 aliphatic heterocycles. The van der Waals surface area contributed by atoms with Gasteiger partial charge in [-0.3, -0.25) is 5.41 Å². The van der Waals surface area contributed by atoms with E-state index >= 15 is 0 Å². The van der Waals surface area contributed by atoms with Crippen molar-refractivity contribution in [3.8, 4) is 0 Å². The second-order valence-corrected chi connectivity index (χ2v) is 5.47. The third-order valence-corrected chi connectivity index (χ3v) is 4.29. The van der Waals surface area contributed by atoms with Gasteiger partial charge in [-0.2, -0.15) is 0 Å². The number of benzene rings is 1. The third kappa shape index (κ3) is 2.74. The number of amidine groups is 1. The summed E-state index contributed by atoms with van der Waals surface area (Å²) in [5.41, 5.74) is 6.20. The van der Waals surface area contributed by atoms with Crippen LogP contribution in [0.1, 0.15) is 24.8 Å². The minimum absolute atomic E-state index is 0.0119. The molecule has 0 bridgehead atoms. The maximum Gasteiger partial charge on any atom is 0.161 e. The molecule has 1 aromatic carbocycles. The average molecular weight is 330 g/mol. The molecular formula is C13H17BrFN3O. The smallest absolute Gasteiger partial charge is 0.161 e. The minimum Gasteiger partial charge on any atom is -0.395 e. The number of aliphatic hydroxyl groups is 1. The molecule has 2 rings (SSSR count). The molecule has 1 saturated carbocycles. The number of rotatable bonds is 5. The number of anilines is 1. The van der Waals surface area contributed by atoms with Crippen LogP contribution in [-0.4, -0.2) is 30.1 Å². The van der Waals surface area contributed by atoms with E-state index in [1.54, 1.807) is 12.1 Å². The van der Waals surface area contributed by atoms with Crippen molar-refractivity contribution in [1.82, 2.24) is 0 Å². The molecule has 0 aromatic heterocycles. The Balaban J connectivity index is 2.37. The lowest BCUT2D eigenvalue weighted by atomic mass is 9.91. The van der Waals surface area contributed by atoms with Crippen LogP contribution < -0.4 is 10.6 Å². The highest BCUT2D eigenvalue weighted by molar-refractivity contribution is 9.10. The fourth-order valence-electron chi connectivity index (χ4n) is 2.27. The molecule has 0 atom stereocenters. The highest BCUT2D eigenvalue weighted by Gasteiger charge is 2.27. The SMILES string of the molecule is N=C(N)c1ccc(N(CCO)C2CCC2)c(F)c1Br. The Bertz CT molecular complexity index is 491. The Morgan fingerprint density at radius 3 is 2.68 bits per heavy atom. The zero-order chi connectivity index (χ0) is 14.0. The van der Waals surface area contributed by atoms with E-state index in [1.807, 2.05) is 4.90 Å². The largest absolute Gasteiger partial charge is 0.395 e. The summed E-state index contributed by atoms with van der Waals surface area (Å²) in [5.74, 6) is -0.595. The molecule has 6 heteroatoms. The van der Waals surface area contributed by atoms with Crippen molar-refractivity contribution in [2.75, 3.05) is 18.1 Å². The minimum atomic E-state index is -0.423. The van der Waals surface area contributed by atoms with Crippen molar-refractivity contribution in [2.24, 2.45) is 5.73 Å². The number of halogens is 2. The normalized spacial score (nSPS) is 15.1. The molecule has 0 saturated heterocycles. The summed E-state index contributed by atoms with van der Waals surface area (Å²) in [4.78, 5) is 1.90. The van der Waals surface area contributed by atoms with Gasteiger partial charge in [0.15, 0.2) is 5.82 Å². The molecule has 0 radical (unpaired) electrons. The van der Waals surface area contributed by atoms with Crippen molar-refractivity contribution < 1.29 is 9.50 Å². The van der Waals surface area contributed by atoms with Gasteiger partial charge in [0.2, 0.25) is 0 Å². The number of hydrogen-bond acceptors (Lipinski definition) is 3. The van der Waals surface area contributed by atoms with E-state index in [4.69, 9.17) is 16.2 Å². The standard InChI is InChI=1S/C13H17BrFN3O/c14-11-9(13(16)17)4-5-10(12(11)15)18(6-7-19)8-2-1-3-8/h4-5,8,19H,1-3,6-7H2,(H3,16,17). The van der Waals surface area contributed by atoms with Crippen LogP contribution in [0.3, 0.4) is 0 Å². The molecular weight excluding hydrogens is 313 g/mol. The van der Waals surface area contributed by atoms with Gasteiger partial charge < -0.3 is 15.7 Å². The van der Waals surface area contributed by atoms with Crippen molar-refractivity contribution in [3.05, 3.63) is 28.0 Å². The van der Waals surface area contributed by atoms with Crippen LogP contribution in [0.4, 0.5) is 10.1 Å². The number of nitrogen functional groups attached to an aromatic ring is 1. The lowest BCUT2D eigenvalue weighted by molar-refractivity contribution is 0.282. The van der Waals surface area contributed by atoms with E-state index < -0.39 is 5.82 Å². The van der Waals surface area contributed by atoms with Crippen LogP contribution >= 0.6 is 15.9 Å². The summed E-state index contributed by atoms with van der Waals surface area (Å²) in [7, 11) is 0. The first kappa shape index (κ1) is 14.3. The van der Waals surface area contributed by atoms with Gasteiger partial charge in [0.25, 0.3) is 0 Å². The Kier molecular flexibility index (Phi) is 4.42. The van der Waals surface area contributed by atoms with E-state index in [9.17, 15) is 4.39 Å². The van der Waals surface area contributed by atoms with E-state index in [0.29, 0.717) is 17.8 Å². The average Bonchev–Trinajstić information content (AvgIpc) is 2.29. The molecule has 4 nitrogen and oxygen atoms in total. The fraction of sp³-hybridized carbons (Fsp3) is 0.462. The van der Waals surface area contributed by atoms with Gasteiger partial charge in [0.1, 0.15) is 5.84 Å². The summed E-state index contributed by atoms with van der Waals surface area (Å²) in [6.45, 7) is 0.398. The predicted molar refractivity (Wildman–Crippen MR) is 77.2 cm³/mol. The lowest BCUT2D eigenvalue weighted by Gasteiger charge is -2.39. The number of nitrogens with zero attached hydrogens (tertiary/aromatic N) is 1. The molecule has 4 N–H and O–H groups in total. The Morgan fingerprint density at radius 2 is 2.21 bits per heavy atom. The Hall–Kier alpha value is -1.14. The first-order chi connectivity index (χ1) is 9.06. The fourth-order valence-corrected chi connectivity index (χ4v) is 2.82. The van der Waals surface area contributed by atoms with Crippen molar-refractivity contribution >= 4 is 27.5 Å². The Labute approximate surface area is 120 Å². The van der Waals surface area contributed by atoms with Crippen LogP contribution in [0.2, 0.25) is 0 Å². The van der Waals surface area contributed by atoms with E-state index in [1.165, 1.54) is 0 Å². The summed E-state index contributed by atoms with van der Waals surface area (Å²) in [6, 6.07) is 3.55. The second-order valence-electron chi connectivity index (χ2n) is 4.68. The number of nitrogens with two attached hydrogens (primary N) is 1.